The summed E-state index contributed by atoms with van der Waals surface area (Å²) in [4.78, 5) is 30.7. The van der Waals surface area contributed by atoms with Crippen molar-refractivity contribution < 1.29 is 14.3 Å². The van der Waals surface area contributed by atoms with E-state index in [4.69, 9.17) is 4.74 Å². The van der Waals surface area contributed by atoms with Crippen molar-refractivity contribution >= 4 is 17.7 Å². The molecule has 9 heteroatoms. The lowest BCUT2D eigenvalue weighted by Gasteiger charge is -2.35. The zero-order valence-electron chi connectivity index (χ0n) is 21.4. The lowest BCUT2D eigenvalue weighted by Crippen LogP contribution is -2.50. The summed E-state index contributed by atoms with van der Waals surface area (Å²) < 4.78 is 6.93. The summed E-state index contributed by atoms with van der Waals surface area (Å²) >= 11 is 0. The van der Waals surface area contributed by atoms with Crippen LogP contribution >= 0.6 is 0 Å². The zero-order valence-corrected chi connectivity index (χ0v) is 21.4. The van der Waals surface area contributed by atoms with Gasteiger partial charge in [-0.05, 0) is 57.9 Å². The fourth-order valence-corrected chi connectivity index (χ4v) is 5.10. The Hall–Kier alpha value is -3.07. The molecule has 0 aliphatic carbocycles. The van der Waals surface area contributed by atoms with Crippen LogP contribution in [0.15, 0.2) is 30.5 Å². The van der Waals surface area contributed by atoms with Crippen LogP contribution in [-0.2, 0) is 11.8 Å². The molecule has 0 spiro atoms. The molecule has 190 valence electrons. The second-order valence-corrected chi connectivity index (χ2v) is 9.52. The highest BCUT2D eigenvalue weighted by molar-refractivity contribution is 5.94. The van der Waals surface area contributed by atoms with Crippen molar-refractivity contribution in [3.8, 4) is 0 Å². The van der Waals surface area contributed by atoms with E-state index in [2.05, 4.69) is 47.5 Å². The first-order valence-electron chi connectivity index (χ1n) is 12.7. The maximum Gasteiger partial charge on any atom is 0.409 e. The molecule has 2 fully saturated rings. The molecule has 2 aromatic rings. The number of amides is 2. The van der Waals surface area contributed by atoms with Crippen molar-refractivity contribution in [2.75, 3.05) is 50.8 Å². The number of aryl methyl sites for hydroxylation is 2. The Labute approximate surface area is 208 Å². The molecule has 2 aliphatic rings. The number of nitrogens with one attached hydrogen (secondary N) is 1. The quantitative estimate of drug-likeness (QED) is 0.682. The van der Waals surface area contributed by atoms with Gasteiger partial charge in [-0.25, -0.2) is 4.79 Å². The summed E-state index contributed by atoms with van der Waals surface area (Å²) in [5, 5.41) is 8.24. The van der Waals surface area contributed by atoms with E-state index in [1.54, 1.807) is 11.8 Å². The van der Waals surface area contributed by atoms with E-state index >= 15 is 0 Å². The van der Waals surface area contributed by atoms with E-state index in [0.29, 0.717) is 44.4 Å². The number of hydrogen-bond donors (Lipinski definition) is 1. The van der Waals surface area contributed by atoms with Crippen LogP contribution in [0.2, 0.25) is 0 Å². The molecule has 1 aromatic carbocycles. The molecule has 1 aromatic heterocycles. The Kier molecular flexibility index (Phi) is 7.95. The molecule has 1 atom stereocenters. The van der Waals surface area contributed by atoms with Gasteiger partial charge in [-0.15, -0.1) is 0 Å². The zero-order chi connectivity index (χ0) is 24.9. The Morgan fingerprint density at radius 1 is 1.06 bits per heavy atom. The number of carbonyl (C=O) groups excluding carboxylic acids is 2. The van der Waals surface area contributed by atoms with E-state index in [-0.39, 0.29) is 18.0 Å². The normalized spacial score (nSPS) is 18.0. The number of hydrogen-bond acceptors (Lipinski definition) is 6. The van der Waals surface area contributed by atoms with Gasteiger partial charge in [0.1, 0.15) is 0 Å². The third kappa shape index (κ3) is 5.96. The van der Waals surface area contributed by atoms with Crippen LogP contribution in [0.4, 0.5) is 10.5 Å². The summed E-state index contributed by atoms with van der Waals surface area (Å²) in [7, 11) is 1.96. The maximum atomic E-state index is 12.9. The first-order valence-corrected chi connectivity index (χ1v) is 12.7. The first kappa shape index (κ1) is 25.0. The third-order valence-electron chi connectivity index (χ3n) is 7.07. The summed E-state index contributed by atoms with van der Waals surface area (Å²) in [6, 6.07) is 8.72. The minimum absolute atomic E-state index is 0.0163. The molecule has 0 unspecified atom stereocenters. The van der Waals surface area contributed by atoms with Crippen molar-refractivity contribution in [2.24, 2.45) is 7.05 Å². The van der Waals surface area contributed by atoms with Gasteiger partial charge in [0, 0.05) is 81.4 Å². The molecule has 0 saturated carbocycles. The predicted molar refractivity (Wildman–Crippen MR) is 136 cm³/mol. The molecule has 1 N–H and O–H groups in total. The summed E-state index contributed by atoms with van der Waals surface area (Å²) in [6.45, 7) is 10.5. The molecule has 0 radical (unpaired) electrons. The number of piperazine rings is 1. The van der Waals surface area contributed by atoms with Crippen LogP contribution in [-0.4, -0.2) is 83.5 Å². The number of rotatable bonds is 6. The number of aromatic nitrogens is 2. The third-order valence-corrected chi connectivity index (χ3v) is 7.07. The fraction of sp³-hybridized carbons (Fsp3) is 0.577. The van der Waals surface area contributed by atoms with Gasteiger partial charge in [0.05, 0.1) is 12.3 Å². The van der Waals surface area contributed by atoms with E-state index < -0.39 is 0 Å². The van der Waals surface area contributed by atoms with Gasteiger partial charge in [0.25, 0.3) is 5.91 Å². The Morgan fingerprint density at radius 3 is 2.26 bits per heavy atom. The van der Waals surface area contributed by atoms with Crippen molar-refractivity contribution in [3.63, 3.8) is 0 Å². The van der Waals surface area contributed by atoms with Gasteiger partial charge in [0.2, 0.25) is 0 Å². The summed E-state index contributed by atoms with van der Waals surface area (Å²) in [5.41, 5.74) is 4.19. The van der Waals surface area contributed by atoms with Crippen LogP contribution in [0.1, 0.15) is 54.3 Å². The summed E-state index contributed by atoms with van der Waals surface area (Å²) in [6.07, 6.45) is 3.96. The molecule has 4 rings (SSSR count). The lowest BCUT2D eigenvalue weighted by atomic mass is 10.0. The second kappa shape index (κ2) is 11.1. The summed E-state index contributed by atoms with van der Waals surface area (Å²) in [5.74, 6) is 0.0163. The number of piperidine rings is 1. The second-order valence-electron chi connectivity index (χ2n) is 9.52. The molecule has 0 bridgehead atoms. The molecule has 2 amide bonds. The number of carbonyl (C=O) groups is 2. The van der Waals surface area contributed by atoms with Gasteiger partial charge in [-0.1, -0.05) is 0 Å². The van der Waals surface area contributed by atoms with Crippen LogP contribution in [0.5, 0.6) is 0 Å². The molecule has 9 nitrogen and oxygen atoms in total. The predicted octanol–water partition coefficient (Wildman–Crippen LogP) is 2.96. The number of anilines is 1. The highest BCUT2D eigenvalue weighted by Gasteiger charge is 2.26. The van der Waals surface area contributed by atoms with Crippen LogP contribution in [0.25, 0.3) is 0 Å². The maximum absolute atomic E-state index is 12.9. The van der Waals surface area contributed by atoms with Crippen molar-refractivity contribution in [2.45, 2.75) is 45.7 Å². The molecular weight excluding hydrogens is 444 g/mol. The van der Waals surface area contributed by atoms with Crippen molar-refractivity contribution in [1.29, 1.82) is 0 Å². The van der Waals surface area contributed by atoms with Crippen molar-refractivity contribution in [1.82, 2.24) is 24.9 Å². The topological polar surface area (TPSA) is 82.9 Å². The van der Waals surface area contributed by atoms with E-state index in [1.807, 2.05) is 28.8 Å². The molecular formula is C26H38N6O3. The average molecular weight is 483 g/mol. The number of nitrogens with zero attached hydrogens (tertiary/aromatic N) is 5. The SMILES string of the molecule is CCOC(=O)N1CCN(C(=O)c2ccc(N3CCC(N[C@H](C)c4cn(C)nc4C)CC3)cc2)CC1. The molecule has 3 heterocycles. The van der Waals surface area contributed by atoms with Gasteiger partial charge >= 0.3 is 6.09 Å². The first-order chi connectivity index (χ1) is 16.9. The van der Waals surface area contributed by atoms with Gasteiger partial charge < -0.3 is 24.8 Å². The van der Waals surface area contributed by atoms with Crippen molar-refractivity contribution in [3.05, 3.63) is 47.3 Å². The van der Waals surface area contributed by atoms with E-state index in [1.165, 1.54) is 5.56 Å². The van der Waals surface area contributed by atoms with E-state index in [9.17, 15) is 9.59 Å². The Morgan fingerprint density at radius 2 is 1.69 bits per heavy atom. The van der Waals surface area contributed by atoms with Crippen LogP contribution in [0, 0.1) is 6.92 Å². The van der Waals surface area contributed by atoms with Gasteiger partial charge in [-0.3, -0.25) is 9.48 Å². The highest BCUT2D eigenvalue weighted by Crippen LogP contribution is 2.24. The largest absolute Gasteiger partial charge is 0.450 e. The fourth-order valence-electron chi connectivity index (χ4n) is 5.10. The number of benzene rings is 1. The van der Waals surface area contributed by atoms with Gasteiger partial charge in [0.15, 0.2) is 0 Å². The highest BCUT2D eigenvalue weighted by atomic mass is 16.6. The molecule has 2 aliphatic heterocycles. The average Bonchev–Trinajstić information content (AvgIpc) is 3.22. The Bertz CT molecular complexity index is 1000. The van der Waals surface area contributed by atoms with Crippen LogP contribution in [0.3, 0.4) is 0 Å². The lowest BCUT2D eigenvalue weighted by molar-refractivity contribution is 0.0570. The smallest absolute Gasteiger partial charge is 0.409 e. The monoisotopic (exact) mass is 482 g/mol. The minimum Gasteiger partial charge on any atom is -0.450 e. The minimum atomic E-state index is -0.301. The number of ether oxygens (including phenoxy) is 1. The Balaban J connectivity index is 1.25. The van der Waals surface area contributed by atoms with Crippen LogP contribution < -0.4 is 10.2 Å². The molecule has 2 saturated heterocycles. The van der Waals surface area contributed by atoms with E-state index in [0.717, 1.165) is 37.3 Å². The molecule has 35 heavy (non-hydrogen) atoms. The van der Waals surface area contributed by atoms with Gasteiger partial charge in [-0.2, -0.15) is 5.10 Å². The standard InChI is InChI=1S/C26H38N6O3/c1-5-35-26(34)32-16-14-31(15-17-32)25(33)21-6-8-23(9-7-21)30-12-10-22(11-13-30)27-19(2)24-18-29(4)28-20(24)3/h6-9,18-19,22,27H,5,10-17H2,1-4H3/t19-/m1/s1.